The van der Waals surface area contributed by atoms with E-state index in [1.165, 1.54) is 0 Å². The van der Waals surface area contributed by atoms with E-state index >= 15 is 0 Å². The predicted octanol–water partition coefficient (Wildman–Crippen LogP) is 3.00. The summed E-state index contributed by atoms with van der Waals surface area (Å²) in [5, 5.41) is 0.713. The molecule has 1 saturated heterocycles. The number of amides is 1. The first-order valence-electron chi connectivity index (χ1n) is 7.64. The van der Waals surface area contributed by atoms with E-state index in [0.29, 0.717) is 55.2 Å². The molecule has 126 valence electrons. The summed E-state index contributed by atoms with van der Waals surface area (Å²) in [4.78, 5) is 16.0. The summed E-state index contributed by atoms with van der Waals surface area (Å²) in [5.41, 5.74) is 1.12. The van der Waals surface area contributed by atoms with Crippen molar-refractivity contribution in [2.24, 2.45) is 0 Å². The second-order valence-electron chi connectivity index (χ2n) is 5.43. The van der Waals surface area contributed by atoms with Crippen LogP contribution in [0.25, 0.3) is 0 Å². The number of thiol groups is 1. The molecule has 1 aromatic rings. The van der Waals surface area contributed by atoms with Gasteiger partial charge in [-0.3, -0.25) is 4.79 Å². The fraction of sp³-hybridized carbons (Fsp3) is 0.500. The van der Waals surface area contributed by atoms with Gasteiger partial charge >= 0.3 is 0 Å². The average Bonchev–Trinajstić information content (AvgIpc) is 2.56. The summed E-state index contributed by atoms with van der Waals surface area (Å²) in [5.74, 6) is 0.185. The van der Waals surface area contributed by atoms with Gasteiger partial charge in [-0.2, -0.15) is 0 Å². The molecule has 23 heavy (non-hydrogen) atoms. The Morgan fingerprint density at radius 2 is 1.96 bits per heavy atom. The molecule has 0 saturated carbocycles. The highest BCUT2D eigenvalue weighted by atomic mass is 35.5. The van der Waals surface area contributed by atoms with Crippen LogP contribution in [-0.2, 0) is 16.1 Å². The van der Waals surface area contributed by atoms with Crippen LogP contribution in [0.15, 0.2) is 24.3 Å². The predicted molar refractivity (Wildman–Crippen MR) is 100 cm³/mol. The molecule has 0 radical (unpaired) electrons. The Labute approximate surface area is 153 Å². The number of carbonyl (C=O) groups is 1. The molecule has 0 N–H and O–H groups in total. The van der Waals surface area contributed by atoms with E-state index < -0.39 is 0 Å². The highest BCUT2D eigenvalue weighted by Crippen LogP contribution is 2.13. The molecule has 0 unspecified atom stereocenters. The number of ether oxygens (including phenoxy) is 1. The number of carbonyl (C=O) groups excluding carboxylic acids is 1. The summed E-state index contributed by atoms with van der Waals surface area (Å²) in [6.45, 7) is 4.03. The number of thiocarbonyl (C=S) groups is 1. The third-order valence-electron chi connectivity index (χ3n) is 3.74. The van der Waals surface area contributed by atoms with Crippen LogP contribution >= 0.6 is 36.4 Å². The number of halogens is 1. The molecule has 1 fully saturated rings. The molecule has 4 nitrogen and oxygen atoms in total. The lowest BCUT2D eigenvalue weighted by atomic mass is 10.2. The van der Waals surface area contributed by atoms with E-state index in [9.17, 15) is 4.79 Å². The minimum absolute atomic E-state index is 0.185. The van der Waals surface area contributed by atoms with Crippen LogP contribution < -0.4 is 0 Å². The Morgan fingerprint density at radius 3 is 2.57 bits per heavy atom. The van der Waals surface area contributed by atoms with Crippen LogP contribution in [0, 0.1) is 0 Å². The van der Waals surface area contributed by atoms with Crippen molar-refractivity contribution in [3.8, 4) is 0 Å². The summed E-state index contributed by atoms with van der Waals surface area (Å²) in [7, 11) is 0. The lowest BCUT2D eigenvalue weighted by molar-refractivity contribution is -0.135. The Morgan fingerprint density at radius 1 is 1.30 bits per heavy atom. The maximum atomic E-state index is 12.1. The molecule has 1 amide bonds. The first-order valence-corrected chi connectivity index (χ1v) is 8.87. The van der Waals surface area contributed by atoms with Crippen LogP contribution in [0.4, 0.5) is 0 Å². The van der Waals surface area contributed by atoms with Crippen molar-refractivity contribution in [1.29, 1.82) is 0 Å². The molecule has 1 aliphatic rings. The quantitative estimate of drug-likeness (QED) is 0.614. The first kappa shape index (κ1) is 18.5. The van der Waals surface area contributed by atoms with Crippen molar-refractivity contribution < 1.29 is 9.53 Å². The van der Waals surface area contributed by atoms with Gasteiger partial charge < -0.3 is 14.5 Å². The van der Waals surface area contributed by atoms with E-state index in [0.717, 1.165) is 12.0 Å². The van der Waals surface area contributed by atoms with Crippen molar-refractivity contribution >= 4 is 46.7 Å². The number of benzene rings is 1. The van der Waals surface area contributed by atoms with E-state index in [1.54, 1.807) is 0 Å². The van der Waals surface area contributed by atoms with Crippen LogP contribution in [-0.4, -0.2) is 52.9 Å². The van der Waals surface area contributed by atoms with Crippen molar-refractivity contribution in [3.05, 3.63) is 34.9 Å². The zero-order chi connectivity index (χ0) is 16.7. The van der Waals surface area contributed by atoms with Gasteiger partial charge in [-0.05, 0) is 24.1 Å². The number of hydrogen-bond donors (Lipinski definition) is 1. The van der Waals surface area contributed by atoms with Crippen LogP contribution in [0.2, 0.25) is 5.02 Å². The molecule has 0 aliphatic carbocycles. The third kappa shape index (κ3) is 6.30. The maximum Gasteiger partial charge on any atom is 0.222 e. The lowest BCUT2D eigenvalue weighted by Crippen LogP contribution is -2.40. The monoisotopic (exact) mass is 372 g/mol. The van der Waals surface area contributed by atoms with E-state index in [-0.39, 0.29) is 5.91 Å². The second-order valence-corrected chi connectivity index (χ2v) is 6.98. The number of hydrogen-bond acceptors (Lipinski definition) is 3. The van der Waals surface area contributed by atoms with E-state index in [1.807, 2.05) is 34.1 Å². The van der Waals surface area contributed by atoms with Gasteiger partial charge in [0.2, 0.25) is 5.91 Å². The van der Waals surface area contributed by atoms with Gasteiger partial charge in [0.25, 0.3) is 0 Å². The third-order valence-corrected chi connectivity index (χ3v) is 4.53. The molecule has 1 aromatic carbocycles. The van der Waals surface area contributed by atoms with Gasteiger partial charge in [-0.1, -0.05) is 36.0 Å². The molecule has 0 bridgehead atoms. The minimum atomic E-state index is 0.185. The van der Waals surface area contributed by atoms with Crippen molar-refractivity contribution in [3.63, 3.8) is 0 Å². The summed E-state index contributed by atoms with van der Waals surface area (Å²) in [6, 6.07) is 7.66. The van der Waals surface area contributed by atoms with Gasteiger partial charge in [-0.25, -0.2) is 0 Å². The number of rotatable bonds is 6. The lowest BCUT2D eigenvalue weighted by Gasteiger charge is -2.27. The smallest absolute Gasteiger partial charge is 0.222 e. The van der Waals surface area contributed by atoms with Gasteiger partial charge in [0, 0.05) is 37.6 Å². The SMILES string of the molecule is O=C(CCCN(Cc1ccc(Cl)cc1)C(=S)S)N1CCOCC1. The largest absolute Gasteiger partial charge is 0.378 e. The zero-order valence-corrected chi connectivity index (χ0v) is 15.4. The summed E-state index contributed by atoms with van der Waals surface area (Å²) >= 11 is 15.4. The molecule has 7 heteroatoms. The molecular weight excluding hydrogens is 352 g/mol. The Hall–Kier alpha value is -0.820. The van der Waals surface area contributed by atoms with E-state index in [2.05, 4.69) is 12.6 Å². The average molecular weight is 373 g/mol. The Bertz CT molecular complexity index is 533. The van der Waals surface area contributed by atoms with Gasteiger partial charge in [0.05, 0.1) is 13.2 Å². The second kappa shape index (κ2) is 9.47. The molecule has 0 aromatic heterocycles. The molecule has 1 heterocycles. The van der Waals surface area contributed by atoms with Crippen LogP contribution in [0.5, 0.6) is 0 Å². The molecule has 1 aliphatic heterocycles. The molecule has 2 rings (SSSR count). The standard InChI is InChI=1S/C16H21ClN2O2S2/c17-14-5-3-13(4-6-14)12-19(16(22)23)7-1-2-15(20)18-8-10-21-11-9-18/h3-6H,1-2,7-12H2,(H,22,23). The fourth-order valence-corrected chi connectivity index (χ4v) is 2.90. The summed E-state index contributed by atoms with van der Waals surface area (Å²) < 4.78 is 5.80. The van der Waals surface area contributed by atoms with Crippen molar-refractivity contribution in [2.45, 2.75) is 19.4 Å². The number of morpholine rings is 1. The topological polar surface area (TPSA) is 32.8 Å². The van der Waals surface area contributed by atoms with Gasteiger partial charge in [-0.15, -0.1) is 12.6 Å². The van der Waals surface area contributed by atoms with Gasteiger partial charge in [0.15, 0.2) is 0 Å². The number of nitrogens with zero attached hydrogens (tertiary/aromatic N) is 2. The van der Waals surface area contributed by atoms with E-state index in [4.69, 9.17) is 28.6 Å². The van der Waals surface area contributed by atoms with Crippen LogP contribution in [0.3, 0.4) is 0 Å². The molecule has 0 spiro atoms. The highest BCUT2D eigenvalue weighted by Gasteiger charge is 2.17. The summed E-state index contributed by atoms with van der Waals surface area (Å²) in [6.07, 6.45) is 1.28. The van der Waals surface area contributed by atoms with Crippen molar-refractivity contribution in [1.82, 2.24) is 9.80 Å². The Balaban J connectivity index is 1.79. The normalized spacial score (nSPS) is 14.6. The van der Waals surface area contributed by atoms with Crippen LogP contribution in [0.1, 0.15) is 18.4 Å². The van der Waals surface area contributed by atoms with Crippen molar-refractivity contribution in [2.75, 3.05) is 32.8 Å². The highest BCUT2D eigenvalue weighted by molar-refractivity contribution is 8.10. The Kier molecular flexibility index (Phi) is 7.62. The first-order chi connectivity index (χ1) is 11.1. The van der Waals surface area contributed by atoms with Gasteiger partial charge in [0.1, 0.15) is 4.32 Å². The molecular formula is C16H21ClN2O2S2. The zero-order valence-electron chi connectivity index (χ0n) is 12.9. The fourth-order valence-electron chi connectivity index (χ4n) is 2.44. The minimum Gasteiger partial charge on any atom is -0.378 e. The molecule has 0 atom stereocenters. The maximum absolute atomic E-state index is 12.1.